The minimum Gasteiger partial charge on any atom is -0.510 e. The highest BCUT2D eigenvalue weighted by Crippen LogP contribution is 2.13. The Balaban J connectivity index is 2.14. The summed E-state index contributed by atoms with van der Waals surface area (Å²) in [6.45, 7) is 1.91. The molecule has 0 radical (unpaired) electrons. The average molecular weight is 350 g/mol. The maximum Gasteiger partial charge on any atom is 0.265 e. The Morgan fingerprint density at radius 3 is 2.87 bits per heavy atom. The van der Waals surface area contributed by atoms with Crippen LogP contribution in [0.3, 0.4) is 0 Å². The van der Waals surface area contributed by atoms with Gasteiger partial charge >= 0.3 is 0 Å². The van der Waals surface area contributed by atoms with Crippen LogP contribution in [0.5, 0.6) is 0 Å². The molecule has 120 valence electrons. The van der Waals surface area contributed by atoms with E-state index in [1.165, 1.54) is 22.7 Å². The molecule has 2 heterocycles. The van der Waals surface area contributed by atoms with Gasteiger partial charge in [0, 0.05) is 11.1 Å². The van der Waals surface area contributed by atoms with E-state index in [4.69, 9.17) is 5.11 Å². The molecule has 2 aromatic rings. The third-order valence-electron chi connectivity index (χ3n) is 2.59. The lowest BCUT2D eigenvalue weighted by Crippen LogP contribution is -2.29. The predicted octanol–water partition coefficient (Wildman–Crippen LogP) is 2.64. The molecule has 3 N–H and O–H groups in total. The van der Waals surface area contributed by atoms with E-state index in [1.807, 2.05) is 5.38 Å². The van der Waals surface area contributed by atoms with Crippen molar-refractivity contribution in [2.75, 3.05) is 0 Å². The van der Waals surface area contributed by atoms with Gasteiger partial charge in [0.2, 0.25) is 5.88 Å². The number of nitrogens with zero attached hydrogens (tertiary/aromatic N) is 3. The second-order valence-electron chi connectivity index (χ2n) is 4.25. The molecule has 0 aliphatic heterocycles. The Morgan fingerprint density at radius 1 is 1.43 bits per heavy atom. The summed E-state index contributed by atoms with van der Waals surface area (Å²) < 4.78 is 0. The molecular weight excluding hydrogens is 336 g/mol. The molecule has 2 aromatic heterocycles. The SMILES string of the molecule is C\C(=N/C(=N\C(O)=C\O)c1cccs1)C(=O)NCc1cncs1. The smallest absolute Gasteiger partial charge is 0.265 e. The molecule has 0 saturated heterocycles. The lowest BCUT2D eigenvalue weighted by molar-refractivity contribution is -0.115. The molecule has 7 nitrogen and oxygen atoms in total. The lowest BCUT2D eigenvalue weighted by atomic mass is 10.3. The molecule has 0 aromatic carbocycles. The van der Waals surface area contributed by atoms with Gasteiger partial charge in [-0.15, -0.1) is 22.7 Å². The first-order chi connectivity index (χ1) is 11.1. The van der Waals surface area contributed by atoms with Crippen molar-refractivity contribution in [1.29, 1.82) is 0 Å². The number of aliphatic hydroxyl groups is 2. The molecule has 0 aliphatic carbocycles. The maximum absolute atomic E-state index is 12.1. The van der Waals surface area contributed by atoms with Crippen molar-refractivity contribution in [2.45, 2.75) is 13.5 Å². The fourth-order valence-corrected chi connectivity index (χ4v) is 2.70. The molecule has 0 unspecified atom stereocenters. The van der Waals surface area contributed by atoms with Crippen molar-refractivity contribution < 1.29 is 15.0 Å². The minimum absolute atomic E-state index is 0.147. The highest BCUT2D eigenvalue weighted by molar-refractivity contribution is 7.12. The summed E-state index contributed by atoms with van der Waals surface area (Å²) in [5.74, 6) is -0.793. The van der Waals surface area contributed by atoms with E-state index in [0.29, 0.717) is 17.7 Å². The molecule has 0 saturated carbocycles. The van der Waals surface area contributed by atoms with E-state index < -0.39 is 5.88 Å². The first-order valence-electron chi connectivity index (χ1n) is 6.47. The number of thiophene rings is 1. The summed E-state index contributed by atoms with van der Waals surface area (Å²) in [7, 11) is 0. The van der Waals surface area contributed by atoms with Gasteiger partial charge in [0.25, 0.3) is 5.91 Å². The van der Waals surface area contributed by atoms with Gasteiger partial charge in [0.15, 0.2) is 5.84 Å². The Kier molecular flexibility index (Phi) is 6.01. The van der Waals surface area contributed by atoms with Gasteiger partial charge in [-0.3, -0.25) is 9.78 Å². The Hall–Kier alpha value is -2.52. The number of hydrogen-bond donors (Lipinski definition) is 3. The van der Waals surface area contributed by atoms with Gasteiger partial charge in [-0.2, -0.15) is 4.99 Å². The molecule has 2 rings (SSSR count). The zero-order chi connectivity index (χ0) is 16.7. The number of rotatable bonds is 5. The van der Waals surface area contributed by atoms with Gasteiger partial charge in [-0.05, 0) is 18.4 Å². The number of aliphatic imine (C=N–C) groups is 2. The number of hydrogen-bond acceptors (Lipinski definition) is 7. The van der Waals surface area contributed by atoms with Crippen molar-refractivity contribution in [2.24, 2.45) is 9.98 Å². The van der Waals surface area contributed by atoms with Crippen LogP contribution in [-0.2, 0) is 11.3 Å². The van der Waals surface area contributed by atoms with Crippen LogP contribution in [0.2, 0.25) is 0 Å². The van der Waals surface area contributed by atoms with Gasteiger partial charge in [0.05, 0.1) is 16.9 Å². The van der Waals surface area contributed by atoms with E-state index in [9.17, 15) is 9.90 Å². The normalized spacial score (nSPS) is 13.2. The number of amides is 1. The quantitative estimate of drug-likeness (QED) is 0.438. The van der Waals surface area contributed by atoms with Gasteiger partial charge in [0.1, 0.15) is 12.0 Å². The summed E-state index contributed by atoms with van der Waals surface area (Å²) in [6, 6.07) is 3.55. The number of aromatic nitrogens is 1. The monoisotopic (exact) mass is 350 g/mol. The van der Waals surface area contributed by atoms with Crippen molar-refractivity contribution in [3.8, 4) is 0 Å². The van der Waals surface area contributed by atoms with Crippen molar-refractivity contribution in [1.82, 2.24) is 10.3 Å². The predicted molar refractivity (Wildman–Crippen MR) is 91.3 cm³/mol. The first-order valence-corrected chi connectivity index (χ1v) is 8.23. The van der Waals surface area contributed by atoms with Crippen LogP contribution in [0.1, 0.15) is 16.7 Å². The molecule has 0 atom stereocenters. The molecule has 23 heavy (non-hydrogen) atoms. The number of amidine groups is 1. The maximum atomic E-state index is 12.1. The molecule has 0 aliphatic rings. The topological polar surface area (TPSA) is 107 Å². The fourth-order valence-electron chi connectivity index (χ4n) is 1.51. The highest BCUT2D eigenvalue weighted by atomic mass is 32.1. The van der Waals surface area contributed by atoms with E-state index in [0.717, 1.165) is 4.88 Å². The zero-order valence-corrected chi connectivity index (χ0v) is 13.8. The Labute approximate surface area is 140 Å². The second kappa shape index (κ2) is 8.20. The zero-order valence-electron chi connectivity index (χ0n) is 12.1. The third-order valence-corrected chi connectivity index (χ3v) is 4.23. The highest BCUT2D eigenvalue weighted by Gasteiger charge is 2.11. The van der Waals surface area contributed by atoms with Crippen molar-refractivity contribution in [3.63, 3.8) is 0 Å². The number of carbonyl (C=O) groups excluding carboxylic acids is 1. The molecule has 9 heteroatoms. The number of carbonyl (C=O) groups is 1. The third kappa shape index (κ3) is 5.01. The minimum atomic E-state index is -0.588. The number of thiazole rings is 1. The standard InChI is InChI=1S/C14H14N4O3S2/c1-9(14(21)16-6-10-5-15-8-23-10)17-13(18-12(20)7-19)11-3-2-4-22-11/h2-5,7-8,19-20H,6H2,1H3,(H,16,21)/b12-7-,17-9+,18-13-. The summed E-state index contributed by atoms with van der Waals surface area (Å²) in [6.07, 6.45) is 2.14. The van der Waals surface area contributed by atoms with E-state index in [-0.39, 0.29) is 17.5 Å². The molecule has 0 spiro atoms. The molecule has 1 amide bonds. The van der Waals surface area contributed by atoms with Crippen molar-refractivity contribution >= 4 is 40.1 Å². The average Bonchev–Trinajstić information content (AvgIpc) is 3.24. The Morgan fingerprint density at radius 2 is 2.26 bits per heavy atom. The second-order valence-corrected chi connectivity index (χ2v) is 6.17. The molecule has 0 fully saturated rings. The summed E-state index contributed by atoms with van der Waals surface area (Å²) in [4.78, 5) is 25.5. The van der Waals surface area contributed by atoms with Crippen LogP contribution in [-0.4, -0.2) is 32.7 Å². The number of aliphatic hydroxyl groups excluding tert-OH is 2. The first kappa shape index (κ1) is 16.8. The van der Waals surface area contributed by atoms with E-state index >= 15 is 0 Å². The fraction of sp³-hybridized carbons (Fsp3) is 0.143. The largest absolute Gasteiger partial charge is 0.510 e. The molecule has 0 bridgehead atoms. The van der Waals surface area contributed by atoms with Gasteiger partial charge < -0.3 is 15.5 Å². The van der Waals surface area contributed by atoms with Crippen LogP contribution in [0.4, 0.5) is 0 Å². The van der Waals surface area contributed by atoms with Crippen LogP contribution >= 0.6 is 22.7 Å². The Bertz CT molecular complexity index is 734. The van der Waals surface area contributed by atoms with Crippen LogP contribution in [0.15, 0.2) is 51.4 Å². The van der Waals surface area contributed by atoms with Crippen LogP contribution < -0.4 is 5.32 Å². The van der Waals surface area contributed by atoms with Crippen LogP contribution in [0.25, 0.3) is 0 Å². The van der Waals surface area contributed by atoms with E-state index in [1.54, 1.807) is 30.8 Å². The number of nitrogens with one attached hydrogen (secondary N) is 1. The summed E-state index contributed by atoms with van der Waals surface area (Å²) in [5, 5.41) is 22.7. The van der Waals surface area contributed by atoms with Crippen molar-refractivity contribution in [3.05, 3.63) is 51.1 Å². The van der Waals surface area contributed by atoms with Crippen LogP contribution in [0, 0.1) is 0 Å². The lowest BCUT2D eigenvalue weighted by Gasteiger charge is -2.04. The molecular formula is C14H14N4O3S2. The summed E-state index contributed by atoms with van der Waals surface area (Å²) in [5.41, 5.74) is 1.88. The summed E-state index contributed by atoms with van der Waals surface area (Å²) >= 11 is 2.80. The van der Waals surface area contributed by atoms with E-state index in [2.05, 4.69) is 20.3 Å². The van der Waals surface area contributed by atoms with Gasteiger partial charge in [-0.25, -0.2) is 4.99 Å². The van der Waals surface area contributed by atoms with Gasteiger partial charge in [-0.1, -0.05) is 6.07 Å².